The molecule has 2 fully saturated rings. The lowest BCUT2D eigenvalue weighted by Gasteiger charge is -2.33. The van der Waals surface area contributed by atoms with Crippen LogP contribution in [0, 0.1) is 0 Å². The van der Waals surface area contributed by atoms with E-state index in [2.05, 4.69) is 10.2 Å². The Kier molecular flexibility index (Phi) is 5.05. The van der Waals surface area contributed by atoms with Gasteiger partial charge < -0.3 is 20.2 Å². The summed E-state index contributed by atoms with van der Waals surface area (Å²) in [5, 5.41) is 12.3. The van der Waals surface area contributed by atoms with Gasteiger partial charge in [0.2, 0.25) is 0 Å². The summed E-state index contributed by atoms with van der Waals surface area (Å²) in [7, 11) is 1.79. The van der Waals surface area contributed by atoms with Crippen molar-refractivity contribution < 1.29 is 9.90 Å². The normalized spacial score (nSPS) is 23.1. The van der Waals surface area contributed by atoms with E-state index in [4.69, 9.17) is 0 Å². The predicted octanol–water partition coefficient (Wildman–Crippen LogP) is 1.03. The van der Waals surface area contributed by atoms with Crippen molar-refractivity contribution in [2.24, 2.45) is 0 Å². The van der Waals surface area contributed by atoms with Gasteiger partial charge in [-0.25, -0.2) is 4.79 Å². The Bertz CT molecular complexity index is 297. The zero-order valence-corrected chi connectivity index (χ0v) is 12.1. The van der Waals surface area contributed by atoms with Crippen LogP contribution >= 0.6 is 0 Å². The number of aliphatic hydroxyl groups is 1. The van der Waals surface area contributed by atoms with Gasteiger partial charge in [-0.3, -0.25) is 0 Å². The van der Waals surface area contributed by atoms with Gasteiger partial charge in [-0.1, -0.05) is 0 Å². The van der Waals surface area contributed by atoms with E-state index in [-0.39, 0.29) is 12.1 Å². The minimum absolute atomic E-state index is 0.00878. The molecule has 2 amide bonds. The molecule has 0 aromatic rings. The van der Waals surface area contributed by atoms with Crippen LogP contribution in [0.25, 0.3) is 0 Å². The van der Waals surface area contributed by atoms with Gasteiger partial charge in [-0.2, -0.15) is 0 Å². The van der Waals surface area contributed by atoms with Gasteiger partial charge in [0.05, 0.1) is 6.10 Å². The maximum atomic E-state index is 12.0. The second-order valence-electron chi connectivity index (χ2n) is 6.05. The average Bonchev–Trinajstić information content (AvgIpc) is 3.21. The van der Waals surface area contributed by atoms with Crippen LogP contribution in [-0.4, -0.2) is 65.8 Å². The lowest BCUT2D eigenvalue weighted by Crippen LogP contribution is -2.49. The fraction of sp³-hybridized carbons (Fsp3) is 0.929. The van der Waals surface area contributed by atoms with Crippen molar-refractivity contribution >= 4 is 6.03 Å². The monoisotopic (exact) mass is 269 g/mol. The van der Waals surface area contributed by atoms with Crippen LogP contribution in [0.3, 0.4) is 0 Å². The molecule has 1 aliphatic carbocycles. The van der Waals surface area contributed by atoms with Gasteiger partial charge in [0.15, 0.2) is 0 Å². The fourth-order valence-corrected chi connectivity index (χ4v) is 2.62. The van der Waals surface area contributed by atoms with E-state index in [1.165, 1.54) is 12.8 Å². The van der Waals surface area contributed by atoms with Gasteiger partial charge >= 0.3 is 6.03 Å². The molecule has 5 nitrogen and oxygen atoms in total. The van der Waals surface area contributed by atoms with Crippen LogP contribution in [0.4, 0.5) is 4.79 Å². The Labute approximate surface area is 115 Å². The smallest absolute Gasteiger partial charge is 0.317 e. The summed E-state index contributed by atoms with van der Waals surface area (Å²) in [4.78, 5) is 16.2. The topological polar surface area (TPSA) is 55.8 Å². The molecule has 1 saturated heterocycles. The third kappa shape index (κ3) is 4.66. The number of nitrogens with zero attached hydrogens (tertiary/aromatic N) is 2. The largest absolute Gasteiger partial charge is 0.393 e. The lowest BCUT2D eigenvalue weighted by molar-refractivity contribution is 0.155. The molecule has 1 aliphatic heterocycles. The summed E-state index contributed by atoms with van der Waals surface area (Å²) in [6.45, 7) is 4.59. The van der Waals surface area contributed by atoms with Crippen molar-refractivity contribution in [1.29, 1.82) is 0 Å². The number of rotatable bonds is 5. The third-order valence-corrected chi connectivity index (χ3v) is 4.15. The second kappa shape index (κ2) is 6.57. The SMILES string of the molecule is CC(O)CCN(C)C(=O)NC1CCN(C2CC2)CC1. The first-order valence-electron chi connectivity index (χ1n) is 7.50. The van der Waals surface area contributed by atoms with Crippen molar-refractivity contribution in [3.8, 4) is 0 Å². The Morgan fingerprint density at radius 2 is 2.00 bits per heavy atom. The number of hydrogen-bond acceptors (Lipinski definition) is 3. The van der Waals surface area contributed by atoms with Crippen LogP contribution in [0.5, 0.6) is 0 Å². The number of carbonyl (C=O) groups is 1. The molecule has 0 aromatic heterocycles. The summed E-state index contributed by atoms with van der Waals surface area (Å²) in [6.07, 6.45) is 5.12. The highest BCUT2D eigenvalue weighted by Crippen LogP contribution is 2.29. The first kappa shape index (κ1) is 14.6. The van der Waals surface area contributed by atoms with E-state index in [9.17, 15) is 9.90 Å². The molecule has 0 aromatic carbocycles. The summed E-state index contributed by atoms with van der Waals surface area (Å²) < 4.78 is 0. The van der Waals surface area contributed by atoms with Crippen molar-refractivity contribution in [3.05, 3.63) is 0 Å². The summed E-state index contributed by atoms with van der Waals surface area (Å²) in [6, 6.07) is 1.15. The minimum atomic E-state index is -0.350. The van der Waals surface area contributed by atoms with Crippen molar-refractivity contribution in [2.45, 2.75) is 57.2 Å². The summed E-state index contributed by atoms with van der Waals surface area (Å²) >= 11 is 0. The molecule has 19 heavy (non-hydrogen) atoms. The number of amides is 2. The van der Waals surface area contributed by atoms with Crippen LogP contribution in [0.2, 0.25) is 0 Å². The molecule has 110 valence electrons. The highest BCUT2D eigenvalue weighted by atomic mass is 16.3. The first-order chi connectivity index (χ1) is 9.06. The molecule has 0 radical (unpaired) electrons. The molecule has 2 aliphatic rings. The Hall–Kier alpha value is -0.810. The predicted molar refractivity (Wildman–Crippen MR) is 75.1 cm³/mol. The van der Waals surface area contributed by atoms with E-state index in [1.807, 2.05) is 0 Å². The zero-order chi connectivity index (χ0) is 13.8. The third-order valence-electron chi connectivity index (χ3n) is 4.15. The minimum Gasteiger partial charge on any atom is -0.393 e. The Balaban J connectivity index is 1.64. The molecule has 1 heterocycles. The number of likely N-dealkylation sites (tertiary alicyclic amines) is 1. The van der Waals surface area contributed by atoms with Gasteiger partial charge in [0.25, 0.3) is 0 Å². The van der Waals surface area contributed by atoms with Gasteiger partial charge in [0, 0.05) is 38.8 Å². The number of hydrogen-bond donors (Lipinski definition) is 2. The van der Waals surface area contributed by atoms with E-state index < -0.39 is 0 Å². The van der Waals surface area contributed by atoms with Gasteiger partial charge in [-0.05, 0) is 39.0 Å². The number of carbonyl (C=O) groups excluding carboxylic acids is 1. The number of aliphatic hydroxyl groups excluding tert-OH is 1. The fourth-order valence-electron chi connectivity index (χ4n) is 2.62. The van der Waals surface area contributed by atoms with E-state index >= 15 is 0 Å². The van der Waals surface area contributed by atoms with Crippen molar-refractivity contribution in [2.75, 3.05) is 26.7 Å². The molecular weight excluding hydrogens is 242 g/mol. The number of nitrogens with one attached hydrogen (secondary N) is 1. The van der Waals surface area contributed by atoms with E-state index in [1.54, 1.807) is 18.9 Å². The van der Waals surface area contributed by atoms with Crippen molar-refractivity contribution in [1.82, 2.24) is 15.1 Å². The lowest BCUT2D eigenvalue weighted by atomic mass is 10.1. The maximum Gasteiger partial charge on any atom is 0.317 e. The molecule has 2 N–H and O–H groups in total. The molecule has 5 heteroatoms. The molecule has 1 saturated carbocycles. The molecule has 1 unspecified atom stereocenters. The zero-order valence-electron chi connectivity index (χ0n) is 12.1. The molecule has 1 atom stereocenters. The standard InChI is InChI=1S/C14H27N3O2/c1-11(18)5-8-16(2)14(19)15-12-6-9-17(10-7-12)13-3-4-13/h11-13,18H,3-10H2,1-2H3,(H,15,19). The van der Waals surface area contributed by atoms with E-state index in [0.29, 0.717) is 19.0 Å². The second-order valence-corrected chi connectivity index (χ2v) is 6.05. The number of urea groups is 1. The first-order valence-corrected chi connectivity index (χ1v) is 7.50. The Morgan fingerprint density at radius 3 is 2.53 bits per heavy atom. The van der Waals surface area contributed by atoms with Gasteiger partial charge in [-0.15, -0.1) is 0 Å². The molecule has 2 rings (SSSR count). The molecule has 0 bridgehead atoms. The van der Waals surface area contributed by atoms with Crippen LogP contribution in [-0.2, 0) is 0 Å². The van der Waals surface area contributed by atoms with Crippen LogP contribution in [0.15, 0.2) is 0 Å². The highest BCUT2D eigenvalue weighted by molar-refractivity contribution is 5.74. The van der Waals surface area contributed by atoms with Gasteiger partial charge in [0.1, 0.15) is 0 Å². The van der Waals surface area contributed by atoms with Crippen LogP contribution in [0.1, 0.15) is 39.0 Å². The highest BCUT2D eigenvalue weighted by Gasteiger charge is 2.32. The van der Waals surface area contributed by atoms with Crippen LogP contribution < -0.4 is 5.32 Å². The summed E-state index contributed by atoms with van der Waals surface area (Å²) in [5.41, 5.74) is 0. The number of piperidine rings is 1. The summed E-state index contributed by atoms with van der Waals surface area (Å²) in [5.74, 6) is 0. The van der Waals surface area contributed by atoms with Crippen molar-refractivity contribution in [3.63, 3.8) is 0 Å². The Morgan fingerprint density at radius 1 is 1.37 bits per heavy atom. The molecule has 0 spiro atoms. The maximum absolute atomic E-state index is 12.0. The quantitative estimate of drug-likeness (QED) is 0.783. The molecular formula is C14H27N3O2. The average molecular weight is 269 g/mol. The van der Waals surface area contributed by atoms with E-state index in [0.717, 1.165) is 32.0 Å².